The van der Waals surface area contributed by atoms with E-state index < -0.39 is 0 Å². The van der Waals surface area contributed by atoms with Crippen LogP contribution in [0.1, 0.15) is 26.2 Å². The Kier molecular flexibility index (Phi) is 3.19. The van der Waals surface area contributed by atoms with Crippen molar-refractivity contribution < 1.29 is 9.53 Å². The van der Waals surface area contributed by atoms with Crippen molar-refractivity contribution in [2.45, 2.75) is 32.3 Å². The van der Waals surface area contributed by atoms with Gasteiger partial charge in [-0.2, -0.15) is 0 Å². The van der Waals surface area contributed by atoms with Crippen LogP contribution in [0.5, 0.6) is 0 Å². The van der Waals surface area contributed by atoms with Crippen molar-refractivity contribution in [1.82, 2.24) is 4.90 Å². The highest BCUT2D eigenvalue weighted by molar-refractivity contribution is 5.83. The Morgan fingerprint density at radius 3 is 2.93 bits per heavy atom. The molecule has 1 saturated heterocycles. The number of Topliss-reactive ketones (excluding diaryl/α,β-unsaturated/α-hetero) is 1. The Labute approximate surface area is 85.4 Å². The van der Waals surface area contributed by atoms with Crippen molar-refractivity contribution >= 4 is 5.78 Å². The summed E-state index contributed by atoms with van der Waals surface area (Å²) >= 11 is 0. The van der Waals surface area contributed by atoms with Gasteiger partial charge in [0.1, 0.15) is 6.10 Å². The van der Waals surface area contributed by atoms with Gasteiger partial charge in [0, 0.05) is 19.5 Å². The molecule has 2 aliphatic rings. The molecule has 3 nitrogen and oxygen atoms in total. The third-order valence-electron chi connectivity index (χ3n) is 3.14. The maximum atomic E-state index is 11.8. The van der Waals surface area contributed by atoms with Crippen LogP contribution in [-0.2, 0) is 9.53 Å². The molecule has 0 aromatic rings. The summed E-state index contributed by atoms with van der Waals surface area (Å²) in [6, 6.07) is 0. The molecule has 0 spiro atoms. The molecule has 80 valence electrons. The third kappa shape index (κ3) is 2.55. The molecule has 1 unspecified atom stereocenters. The first-order valence-corrected chi connectivity index (χ1v) is 5.66. The van der Waals surface area contributed by atoms with Crippen LogP contribution in [-0.4, -0.2) is 43.0 Å². The van der Waals surface area contributed by atoms with E-state index in [1.165, 1.54) is 12.8 Å². The summed E-state index contributed by atoms with van der Waals surface area (Å²) in [4.78, 5) is 14.0. The van der Waals surface area contributed by atoms with E-state index in [9.17, 15) is 4.79 Å². The van der Waals surface area contributed by atoms with Gasteiger partial charge in [-0.3, -0.25) is 9.69 Å². The van der Waals surface area contributed by atoms with Gasteiger partial charge >= 0.3 is 0 Å². The number of morpholine rings is 1. The summed E-state index contributed by atoms with van der Waals surface area (Å²) in [6.07, 6.45) is 3.11. The highest BCUT2D eigenvalue weighted by atomic mass is 16.5. The smallest absolute Gasteiger partial charge is 0.163 e. The average molecular weight is 197 g/mol. The molecule has 1 aliphatic heterocycles. The average Bonchev–Trinajstić information content (AvgIpc) is 3.02. The number of rotatable bonds is 4. The number of nitrogens with zero attached hydrogens (tertiary/aromatic N) is 1. The zero-order chi connectivity index (χ0) is 9.97. The van der Waals surface area contributed by atoms with E-state index in [-0.39, 0.29) is 6.10 Å². The lowest BCUT2D eigenvalue weighted by Crippen LogP contribution is -2.45. The van der Waals surface area contributed by atoms with E-state index in [4.69, 9.17) is 4.74 Å². The minimum absolute atomic E-state index is 0.135. The van der Waals surface area contributed by atoms with Crippen molar-refractivity contribution in [1.29, 1.82) is 0 Å². The molecular weight excluding hydrogens is 178 g/mol. The van der Waals surface area contributed by atoms with Gasteiger partial charge in [0.2, 0.25) is 0 Å². The fourth-order valence-corrected chi connectivity index (χ4v) is 1.92. The lowest BCUT2D eigenvalue weighted by atomic mass is 10.1. The van der Waals surface area contributed by atoms with Crippen LogP contribution >= 0.6 is 0 Å². The second-order valence-electron chi connectivity index (χ2n) is 4.37. The number of hydrogen-bond donors (Lipinski definition) is 0. The quantitative estimate of drug-likeness (QED) is 0.675. The van der Waals surface area contributed by atoms with Gasteiger partial charge in [-0.15, -0.1) is 0 Å². The molecule has 2 fully saturated rings. The SMILES string of the molecule is CCN1CCOC(C(=O)CC2CC2)C1. The lowest BCUT2D eigenvalue weighted by Gasteiger charge is -2.31. The number of carbonyl (C=O) groups is 1. The molecule has 0 aromatic carbocycles. The topological polar surface area (TPSA) is 29.5 Å². The summed E-state index contributed by atoms with van der Waals surface area (Å²) in [5, 5.41) is 0. The Morgan fingerprint density at radius 2 is 2.29 bits per heavy atom. The van der Waals surface area contributed by atoms with E-state index in [0.29, 0.717) is 11.7 Å². The minimum atomic E-state index is -0.135. The second kappa shape index (κ2) is 4.41. The third-order valence-corrected chi connectivity index (χ3v) is 3.14. The van der Waals surface area contributed by atoms with Crippen LogP contribution in [0.3, 0.4) is 0 Å². The number of ether oxygens (including phenoxy) is 1. The van der Waals surface area contributed by atoms with E-state index in [1.54, 1.807) is 0 Å². The summed E-state index contributed by atoms with van der Waals surface area (Å²) in [5.74, 6) is 1.01. The Hall–Kier alpha value is -0.410. The number of carbonyl (C=O) groups excluding carboxylic acids is 1. The summed E-state index contributed by atoms with van der Waals surface area (Å²) in [7, 11) is 0. The molecule has 0 amide bonds. The Morgan fingerprint density at radius 1 is 1.50 bits per heavy atom. The van der Waals surface area contributed by atoms with Gasteiger partial charge in [0.15, 0.2) is 5.78 Å². The molecule has 1 saturated carbocycles. The highest BCUT2D eigenvalue weighted by Crippen LogP contribution is 2.33. The highest BCUT2D eigenvalue weighted by Gasteiger charge is 2.31. The number of hydrogen-bond acceptors (Lipinski definition) is 3. The number of likely N-dealkylation sites (N-methyl/N-ethyl adjacent to an activating group) is 1. The van der Waals surface area contributed by atoms with Gasteiger partial charge in [-0.05, 0) is 25.3 Å². The van der Waals surface area contributed by atoms with Crippen molar-refractivity contribution in [2.75, 3.05) is 26.2 Å². The maximum absolute atomic E-state index is 11.8. The number of ketones is 1. The van der Waals surface area contributed by atoms with Crippen molar-refractivity contribution in [3.05, 3.63) is 0 Å². The van der Waals surface area contributed by atoms with E-state index in [0.717, 1.165) is 32.7 Å². The van der Waals surface area contributed by atoms with Gasteiger partial charge in [-0.25, -0.2) is 0 Å². The van der Waals surface area contributed by atoms with Crippen LogP contribution in [0, 0.1) is 5.92 Å². The lowest BCUT2D eigenvalue weighted by molar-refractivity contribution is -0.136. The zero-order valence-corrected chi connectivity index (χ0v) is 8.87. The van der Waals surface area contributed by atoms with Crippen LogP contribution in [0.4, 0.5) is 0 Å². The Bertz CT molecular complexity index is 213. The predicted octanol–water partition coefficient (Wildman–Crippen LogP) is 1.08. The van der Waals surface area contributed by atoms with Crippen molar-refractivity contribution in [2.24, 2.45) is 5.92 Å². The zero-order valence-electron chi connectivity index (χ0n) is 8.87. The first-order chi connectivity index (χ1) is 6.79. The first-order valence-electron chi connectivity index (χ1n) is 5.66. The van der Waals surface area contributed by atoms with Crippen LogP contribution in [0.2, 0.25) is 0 Å². The predicted molar refractivity (Wildman–Crippen MR) is 54.2 cm³/mol. The van der Waals surface area contributed by atoms with E-state index in [1.807, 2.05) is 0 Å². The van der Waals surface area contributed by atoms with E-state index in [2.05, 4.69) is 11.8 Å². The van der Waals surface area contributed by atoms with E-state index >= 15 is 0 Å². The summed E-state index contributed by atoms with van der Waals surface area (Å²) < 4.78 is 5.51. The van der Waals surface area contributed by atoms with Crippen molar-refractivity contribution in [3.63, 3.8) is 0 Å². The second-order valence-corrected chi connectivity index (χ2v) is 4.37. The van der Waals surface area contributed by atoms with Gasteiger partial charge in [0.05, 0.1) is 6.61 Å². The molecule has 1 heterocycles. The van der Waals surface area contributed by atoms with Crippen molar-refractivity contribution in [3.8, 4) is 0 Å². The molecule has 0 aromatic heterocycles. The summed E-state index contributed by atoms with van der Waals surface area (Å²) in [6.45, 7) is 5.66. The fourth-order valence-electron chi connectivity index (χ4n) is 1.92. The van der Waals surface area contributed by atoms with Gasteiger partial charge in [-0.1, -0.05) is 6.92 Å². The molecule has 0 N–H and O–H groups in total. The standard InChI is InChI=1S/C11H19NO2/c1-2-12-5-6-14-11(8-12)10(13)7-9-3-4-9/h9,11H,2-8H2,1H3. The maximum Gasteiger partial charge on any atom is 0.163 e. The van der Waals surface area contributed by atoms with Gasteiger partial charge < -0.3 is 4.74 Å². The fraction of sp³-hybridized carbons (Fsp3) is 0.909. The molecule has 1 aliphatic carbocycles. The monoisotopic (exact) mass is 197 g/mol. The first kappa shape index (κ1) is 10.1. The largest absolute Gasteiger partial charge is 0.368 e. The molecule has 0 bridgehead atoms. The molecule has 1 atom stereocenters. The molecule has 3 heteroatoms. The van der Waals surface area contributed by atoms with Crippen LogP contribution < -0.4 is 0 Å². The van der Waals surface area contributed by atoms with Crippen LogP contribution in [0.15, 0.2) is 0 Å². The minimum Gasteiger partial charge on any atom is -0.368 e. The normalized spacial score (nSPS) is 29.1. The Balaban J connectivity index is 1.79. The van der Waals surface area contributed by atoms with Crippen LogP contribution in [0.25, 0.3) is 0 Å². The van der Waals surface area contributed by atoms with Gasteiger partial charge in [0.25, 0.3) is 0 Å². The molecule has 14 heavy (non-hydrogen) atoms. The molecule has 2 rings (SSSR count). The molecular formula is C11H19NO2. The molecule has 0 radical (unpaired) electrons. The summed E-state index contributed by atoms with van der Waals surface area (Å²) in [5.41, 5.74) is 0.